The fraction of sp³-hybridized carbons (Fsp3) is 0.0455. The monoisotopic (exact) mass is 389 g/mol. The van der Waals surface area contributed by atoms with Crippen molar-refractivity contribution in [2.45, 2.75) is 0 Å². The van der Waals surface area contributed by atoms with Crippen LogP contribution in [0.25, 0.3) is 10.9 Å². The molecule has 0 spiro atoms. The van der Waals surface area contributed by atoms with Gasteiger partial charge in [0.05, 0.1) is 5.52 Å². The van der Waals surface area contributed by atoms with E-state index in [2.05, 4.69) is 10.3 Å². The lowest BCUT2D eigenvalue weighted by atomic mass is 10.2. The van der Waals surface area contributed by atoms with Crippen LogP contribution in [-0.2, 0) is 7.05 Å². The fourth-order valence-electron chi connectivity index (χ4n) is 2.91. The van der Waals surface area contributed by atoms with Crippen molar-refractivity contribution in [1.29, 1.82) is 0 Å². The molecule has 7 heteroatoms. The first kappa shape index (κ1) is 18.4. The normalized spacial score (nSPS) is 10.7. The van der Waals surface area contributed by atoms with E-state index < -0.39 is 17.3 Å². The summed E-state index contributed by atoms with van der Waals surface area (Å²) >= 11 is 0. The lowest BCUT2D eigenvalue weighted by Gasteiger charge is -2.11. The summed E-state index contributed by atoms with van der Waals surface area (Å²) in [5.41, 5.74) is 0.484. The minimum absolute atomic E-state index is 0.00924. The van der Waals surface area contributed by atoms with Crippen LogP contribution in [0.2, 0.25) is 0 Å². The number of para-hydroxylation sites is 1. The Kier molecular flexibility index (Phi) is 4.78. The zero-order valence-electron chi connectivity index (χ0n) is 15.4. The van der Waals surface area contributed by atoms with E-state index in [1.807, 2.05) is 24.3 Å². The minimum atomic E-state index is -0.648. The number of amides is 1. The smallest absolute Gasteiger partial charge is 0.263 e. The third kappa shape index (κ3) is 3.70. The largest absolute Gasteiger partial charge is 0.454 e. The van der Waals surface area contributed by atoms with Crippen molar-refractivity contribution in [3.05, 3.63) is 94.8 Å². The van der Waals surface area contributed by atoms with Crippen LogP contribution < -0.4 is 15.6 Å². The highest BCUT2D eigenvalue weighted by molar-refractivity contribution is 6.04. The van der Waals surface area contributed by atoms with Crippen LogP contribution in [0.5, 0.6) is 11.5 Å². The average Bonchev–Trinajstić information content (AvgIpc) is 2.72. The molecular weight excluding hydrogens is 373 g/mol. The van der Waals surface area contributed by atoms with Crippen LogP contribution in [0, 0.1) is 5.82 Å². The molecule has 0 saturated heterocycles. The standard InChI is InChI=1S/C22H16FN3O3/c1-26-12-4-6-16(22(26)28)21(27)25-14-8-9-20(17(23)13-14)29-19-10-11-24-18-7-3-2-5-15(18)19/h2-13H,1H3,(H,25,27). The van der Waals surface area contributed by atoms with Crippen LogP contribution in [0.4, 0.5) is 10.1 Å². The Morgan fingerprint density at radius 3 is 2.72 bits per heavy atom. The molecule has 2 aromatic heterocycles. The van der Waals surface area contributed by atoms with Gasteiger partial charge in [-0.05, 0) is 42.5 Å². The van der Waals surface area contributed by atoms with Gasteiger partial charge >= 0.3 is 0 Å². The van der Waals surface area contributed by atoms with E-state index in [1.165, 1.54) is 22.8 Å². The van der Waals surface area contributed by atoms with Crippen molar-refractivity contribution in [3.8, 4) is 11.5 Å². The zero-order chi connectivity index (χ0) is 20.4. The average molecular weight is 389 g/mol. The van der Waals surface area contributed by atoms with Crippen molar-refractivity contribution in [3.63, 3.8) is 0 Å². The maximum atomic E-state index is 14.6. The van der Waals surface area contributed by atoms with Gasteiger partial charge in [0.25, 0.3) is 11.5 Å². The van der Waals surface area contributed by atoms with E-state index in [-0.39, 0.29) is 17.0 Å². The van der Waals surface area contributed by atoms with Gasteiger partial charge in [0.2, 0.25) is 0 Å². The van der Waals surface area contributed by atoms with Crippen LogP contribution in [0.3, 0.4) is 0 Å². The number of ether oxygens (including phenoxy) is 1. The predicted octanol–water partition coefficient (Wildman–Crippen LogP) is 4.12. The summed E-state index contributed by atoms with van der Waals surface area (Å²) in [6.45, 7) is 0. The molecule has 29 heavy (non-hydrogen) atoms. The number of rotatable bonds is 4. The number of fused-ring (bicyclic) bond motifs is 1. The molecule has 2 aromatic carbocycles. The molecular formula is C22H16FN3O3. The second-order valence-electron chi connectivity index (χ2n) is 6.37. The molecule has 0 fully saturated rings. The molecule has 144 valence electrons. The lowest BCUT2D eigenvalue weighted by Crippen LogP contribution is -2.27. The van der Waals surface area contributed by atoms with Crippen molar-refractivity contribution in [2.75, 3.05) is 5.32 Å². The lowest BCUT2D eigenvalue weighted by molar-refractivity contribution is 0.102. The molecule has 0 aliphatic carbocycles. The topological polar surface area (TPSA) is 73.2 Å². The summed E-state index contributed by atoms with van der Waals surface area (Å²) in [4.78, 5) is 28.6. The van der Waals surface area contributed by atoms with Crippen LogP contribution in [-0.4, -0.2) is 15.5 Å². The molecule has 0 radical (unpaired) electrons. The molecule has 0 aliphatic rings. The van der Waals surface area contributed by atoms with Crippen LogP contribution in [0.15, 0.2) is 77.9 Å². The Labute approximate surface area is 165 Å². The number of carbonyl (C=O) groups is 1. The second kappa shape index (κ2) is 7.55. The first-order chi connectivity index (χ1) is 14.0. The summed E-state index contributed by atoms with van der Waals surface area (Å²) in [5.74, 6) is -0.780. The summed E-state index contributed by atoms with van der Waals surface area (Å²) in [7, 11) is 1.55. The van der Waals surface area contributed by atoms with Crippen molar-refractivity contribution in [1.82, 2.24) is 9.55 Å². The molecule has 2 heterocycles. The number of aryl methyl sites for hydroxylation is 1. The molecule has 1 amide bonds. The maximum absolute atomic E-state index is 14.6. The van der Waals surface area contributed by atoms with E-state index in [1.54, 1.807) is 31.6 Å². The number of benzene rings is 2. The number of hydrogen-bond acceptors (Lipinski definition) is 4. The quantitative estimate of drug-likeness (QED) is 0.570. The van der Waals surface area contributed by atoms with Crippen molar-refractivity contribution >= 4 is 22.5 Å². The van der Waals surface area contributed by atoms with Crippen LogP contribution >= 0.6 is 0 Å². The van der Waals surface area contributed by atoms with E-state index in [0.717, 1.165) is 17.0 Å². The number of nitrogens with zero attached hydrogens (tertiary/aromatic N) is 2. The highest BCUT2D eigenvalue weighted by Gasteiger charge is 2.14. The second-order valence-corrected chi connectivity index (χ2v) is 6.37. The molecule has 0 atom stereocenters. The Morgan fingerprint density at radius 1 is 1.07 bits per heavy atom. The molecule has 4 rings (SSSR count). The highest BCUT2D eigenvalue weighted by atomic mass is 19.1. The fourth-order valence-corrected chi connectivity index (χ4v) is 2.91. The van der Waals surface area contributed by atoms with E-state index >= 15 is 0 Å². The highest BCUT2D eigenvalue weighted by Crippen LogP contribution is 2.31. The van der Waals surface area contributed by atoms with Gasteiger partial charge in [0, 0.05) is 36.6 Å². The molecule has 0 unspecified atom stereocenters. The zero-order valence-corrected chi connectivity index (χ0v) is 15.4. The molecule has 0 saturated carbocycles. The van der Waals surface area contributed by atoms with Gasteiger partial charge in [-0.2, -0.15) is 0 Å². The molecule has 4 aromatic rings. The van der Waals surface area contributed by atoms with Crippen molar-refractivity contribution in [2.24, 2.45) is 7.05 Å². The Morgan fingerprint density at radius 2 is 1.90 bits per heavy atom. The SMILES string of the molecule is Cn1cccc(C(=O)Nc2ccc(Oc3ccnc4ccccc34)c(F)c2)c1=O. The number of aromatic nitrogens is 2. The molecule has 1 N–H and O–H groups in total. The molecule has 0 aliphatic heterocycles. The van der Waals surface area contributed by atoms with E-state index in [9.17, 15) is 14.0 Å². The van der Waals surface area contributed by atoms with Gasteiger partial charge in [-0.15, -0.1) is 0 Å². The number of nitrogens with one attached hydrogen (secondary N) is 1. The van der Waals surface area contributed by atoms with Crippen molar-refractivity contribution < 1.29 is 13.9 Å². The number of carbonyl (C=O) groups excluding carboxylic acids is 1. The van der Waals surface area contributed by atoms with Crippen LogP contribution in [0.1, 0.15) is 10.4 Å². The summed E-state index contributed by atoms with van der Waals surface area (Å²) in [6, 6.07) is 16.1. The Balaban J connectivity index is 1.57. The predicted molar refractivity (Wildman–Crippen MR) is 108 cm³/mol. The molecule has 6 nitrogen and oxygen atoms in total. The molecule has 0 bridgehead atoms. The maximum Gasteiger partial charge on any atom is 0.263 e. The van der Waals surface area contributed by atoms with Gasteiger partial charge in [-0.3, -0.25) is 14.6 Å². The number of halogens is 1. The van der Waals surface area contributed by atoms with E-state index in [4.69, 9.17) is 4.74 Å². The summed E-state index contributed by atoms with van der Waals surface area (Å²) < 4.78 is 21.6. The number of pyridine rings is 2. The summed E-state index contributed by atoms with van der Waals surface area (Å²) in [5, 5.41) is 3.29. The Bertz CT molecular complexity index is 1280. The third-order valence-corrected chi connectivity index (χ3v) is 4.39. The van der Waals surface area contributed by atoms with Gasteiger partial charge in [-0.25, -0.2) is 4.39 Å². The van der Waals surface area contributed by atoms with Gasteiger partial charge in [-0.1, -0.05) is 12.1 Å². The number of anilines is 1. The first-order valence-electron chi connectivity index (χ1n) is 8.81. The Hall–Kier alpha value is -4.00. The summed E-state index contributed by atoms with van der Waals surface area (Å²) in [6.07, 6.45) is 3.14. The minimum Gasteiger partial charge on any atom is -0.454 e. The van der Waals surface area contributed by atoms with Gasteiger partial charge in [0.15, 0.2) is 11.6 Å². The number of hydrogen-bond donors (Lipinski definition) is 1. The van der Waals surface area contributed by atoms with Gasteiger partial charge in [0.1, 0.15) is 11.3 Å². The third-order valence-electron chi connectivity index (χ3n) is 4.39. The first-order valence-corrected chi connectivity index (χ1v) is 8.81. The van der Waals surface area contributed by atoms with E-state index in [0.29, 0.717) is 5.75 Å². The van der Waals surface area contributed by atoms with Gasteiger partial charge < -0.3 is 14.6 Å².